The molecule has 41 heavy (non-hydrogen) atoms. The van der Waals surface area contributed by atoms with Crippen molar-refractivity contribution in [3.8, 4) is 17.2 Å². The smallest absolute Gasteiger partial charge is 0.251 e. The minimum absolute atomic E-state index is 0.0364. The average molecular weight is 562 g/mol. The van der Waals surface area contributed by atoms with E-state index >= 15 is 0 Å². The van der Waals surface area contributed by atoms with E-state index in [-0.39, 0.29) is 42.8 Å². The molecule has 5 rings (SSSR count). The molecule has 1 fully saturated rings. The summed E-state index contributed by atoms with van der Waals surface area (Å²) in [6.45, 7) is 3.55. The molecule has 3 amide bonds. The number of ether oxygens (including phenoxy) is 3. The highest BCUT2D eigenvalue weighted by molar-refractivity contribution is 5.95. The van der Waals surface area contributed by atoms with Crippen LogP contribution in [-0.2, 0) is 27.5 Å². The van der Waals surface area contributed by atoms with Gasteiger partial charge >= 0.3 is 0 Å². The molecule has 0 aliphatic carbocycles. The lowest BCUT2D eigenvalue weighted by molar-refractivity contribution is -0.138. The number of aryl methyl sites for hydroxylation is 1. The number of fused-ring (bicyclic) bond motifs is 5. The van der Waals surface area contributed by atoms with Crippen LogP contribution in [0.2, 0.25) is 0 Å². The third-order valence-electron chi connectivity index (χ3n) is 7.32. The molecule has 3 heterocycles. The van der Waals surface area contributed by atoms with Crippen LogP contribution in [0.3, 0.4) is 0 Å². The molecule has 0 saturated carbocycles. The molecule has 216 valence electrons. The van der Waals surface area contributed by atoms with Crippen LogP contribution in [-0.4, -0.2) is 71.1 Å². The maximum atomic E-state index is 13.1. The highest BCUT2D eigenvalue weighted by Gasteiger charge is 2.33. The predicted molar refractivity (Wildman–Crippen MR) is 150 cm³/mol. The summed E-state index contributed by atoms with van der Waals surface area (Å²) in [5, 5.41) is 5.95. The van der Waals surface area contributed by atoms with Crippen molar-refractivity contribution in [1.29, 1.82) is 0 Å². The molecular weight excluding hydrogens is 526 g/mol. The summed E-state index contributed by atoms with van der Waals surface area (Å²) < 4.78 is 19.6. The van der Waals surface area contributed by atoms with Crippen LogP contribution in [0.25, 0.3) is 0 Å². The maximum Gasteiger partial charge on any atom is 0.251 e. The van der Waals surface area contributed by atoms with Gasteiger partial charge in [0.25, 0.3) is 5.91 Å². The second-order valence-electron chi connectivity index (χ2n) is 10.3. The Balaban J connectivity index is 1.34. The molecule has 0 radical (unpaired) electrons. The van der Waals surface area contributed by atoms with E-state index in [9.17, 15) is 14.4 Å². The fourth-order valence-electron chi connectivity index (χ4n) is 5.06. The number of likely N-dealkylation sites (tertiary alicyclic amines) is 1. The van der Waals surface area contributed by atoms with Crippen LogP contribution < -0.4 is 20.1 Å². The number of nitrogens with one attached hydrogen (secondary N) is 2. The standard InChI is InChI=1S/C30H35N5O6/c1-20-31-10-12-34(20)18-29(37)35-11-8-27-26(17-35)33-28(36)7-4-9-32-30(38)22-14-24(39-2)16-25(15-22)41-23-6-3-5-21(13-23)19-40-27/h3,5-6,10,12-16,26-27H,4,7-9,11,17-19H2,1-2H3,(H,32,38)(H,33,36)/t26-,27-/m0/s1. The van der Waals surface area contributed by atoms with E-state index in [1.54, 1.807) is 35.5 Å². The van der Waals surface area contributed by atoms with Gasteiger partial charge in [-0.1, -0.05) is 12.1 Å². The molecule has 2 aliphatic heterocycles. The molecule has 2 atom stereocenters. The number of nitrogens with zero attached hydrogens (tertiary/aromatic N) is 3. The Morgan fingerprint density at radius 3 is 2.85 bits per heavy atom. The van der Waals surface area contributed by atoms with Gasteiger partial charge in [-0.3, -0.25) is 14.4 Å². The van der Waals surface area contributed by atoms with Crippen LogP contribution in [0.15, 0.2) is 54.9 Å². The number of hydrogen-bond donors (Lipinski definition) is 2. The first-order valence-corrected chi connectivity index (χ1v) is 13.8. The van der Waals surface area contributed by atoms with Crippen LogP contribution in [0.1, 0.15) is 41.0 Å². The summed E-state index contributed by atoms with van der Waals surface area (Å²) in [4.78, 5) is 44.8. The van der Waals surface area contributed by atoms with Gasteiger partial charge in [0, 0.05) is 50.1 Å². The number of methoxy groups -OCH3 is 1. The topological polar surface area (TPSA) is 124 Å². The van der Waals surface area contributed by atoms with E-state index in [4.69, 9.17) is 14.2 Å². The molecule has 0 spiro atoms. The van der Waals surface area contributed by atoms with Crippen molar-refractivity contribution in [1.82, 2.24) is 25.1 Å². The minimum Gasteiger partial charge on any atom is -0.497 e. The van der Waals surface area contributed by atoms with Gasteiger partial charge in [0.1, 0.15) is 29.6 Å². The summed E-state index contributed by atoms with van der Waals surface area (Å²) in [6.07, 6.45) is 4.44. The third kappa shape index (κ3) is 7.23. The summed E-state index contributed by atoms with van der Waals surface area (Å²) in [5.41, 5.74) is 1.29. The van der Waals surface area contributed by atoms with Crippen LogP contribution in [0, 0.1) is 6.92 Å². The maximum absolute atomic E-state index is 13.1. The van der Waals surface area contributed by atoms with Gasteiger partial charge < -0.3 is 34.3 Å². The summed E-state index contributed by atoms with van der Waals surface area (Å²) in [7, 11) is 1.53. The Hall–Kier alpha value is -4.38. The molecule has 2 N–H and O–H groups in total. The lowest BCUT2D eigenvalue weighted by atomic mass is 10.0. The molecule has 11 nitrogen and oxygen atoms in total. The van der Waals surface area contributed by atoms with Gasteiger partial charge in [-0.2, -0.15) is 0 Å². The molecule has 1 saturated heterocycles. The first-order valence-electron chi connectivity index (χ1n) is 13.8. The van der Waals surface area contributed by atoms with Crippen LogP contribution in [0.5, 0.6) is 17.2 Å². The zero-order valence-electron chi connectivity index (χ0n) is 23.3. The summed E-state index contributed by atoms with van der Waals surface area (Å²) in [5.74, 6) is 1.85. The van der Waals surface area contributed by atoms with Gasteiger partial charge in [-0.15, -0.1) is 0 Å². The molecule has 4 bridgehead atoms. The number of hydrogen-bond acceptors (Lipinski definition) is 7. The van der Waals surface area contributed by atoms with Crippen molar-refractivity contribution >= 4 is 17.7 Å². The molecular formula is C30H35N5O6. The number of piperidine rings is 1. The SMILES string of the molecule is COc1cc2cc(c1)C(=O)NCCCC(=O)N[C@H]1CN(C(=O)Cn3ccnc3C)CC[C@@H]1OCc1cccc(c1)O2. The fraction of sp³-hybridized carbons (Fsp3) is 0.400. The molecule has 2 aromatic carbocycles. The van der Waals surface area contributed by atoms with E-state index in [2.05, 4.69) is 15.6 Å². The van der Waals surface area contributed by atoms with Crippen molar-refractivity contribution < 1.29 is 28.6 Å². The van der Waals surface area contributed by atoms with Crippen LogP contribution >= 0.6 is 0 Å². The predicted octanol–water partition coefficient (Wildman–Crippen LogP) is 2.82. The first-order chi connectivity index (χ1) is 19.9. The monoisotopic (exact) mass is 561 g/mol. The van der Waals surface area contributed by atoms with Crippen molar-refractivity contribution in [2.45, 2.75) is 51.5 Å². The number of carbonyl (C=O) groups excluding carboxylic acids is 3. The summed E-state index contributed by atoms with van der Waals surface area (Å²) in [6, 6.07) is 12.2. The van der Waals surface area contributed by atoms with E-state index in [1.165, 1.54) is 7.11 Å². The highest BCUT2D eigenvalue weighted by atomic mass is 16.5. The fourth-order valence-corrected chi connectivity index (χ4v) is 5.06. The van der Waals surface area contributed by atoms with Gasteiger partial charge in [0.2, 0.25) is 11.8 Å². The molecule has 1 aromatic heterocycles. The Morgan fingerprint density at radius 2 is 2.05 bits per heavy atom. The van der Waals surface area contributed by atoms with Crippen molar-refractivity contribution in [3.05, 3.63) is 71.8 Å². The largest absolute Gasteiger partial charge is 0.497 e. The zero-order chi connectivity index (χ0) is 28.8. The molecule has 2 aliphatic rings. The molecule has 0 unspecified atom stereocenters. The highest BCUT2D eigenvalue weighted by Crippen LogP contribution is 2.28. The van der Waals surface area contributed by atoms with Gasteiger partial charge in [0.15, 0.2) is 0 Å². The van der Waals surface area contributed by atoms with Gasteiger partial charge in [0.05, 0.1) is 25.9 Å². The second-order valence-corrected chi connectivity index (χ2v) is 10.3. The second kappa shape index (κ2) is 12.9. The quantitative estimate of drug-likeness (QED) is 0.504. The number of rotatable bonds is 3. The molecule has 3 aromatic rings. The number of amides is 3. The number of carbonyl (C=O) groups is 3. The van der Waals surface area contributed by atoms with Gasteiger partial charge in [-0.25, -0.2) is 4.98 Å². The van der Waals surface area contributed by atoms with Crippen molar-refractivity contribution in [3.63, 3.8) is 0 Å². The zero-order valence-corrected chi connectivity index (χ0v) is 23.3. The third-order valence-corrected chi connectivity index (χ3v) is 7.32. The average Bonchev–Trinajstić information content (AvgIpc) is 3.37. The Bertz CT molecular complexity index is 1410. The number of aromatic nitrogens is 2. The van der Waals surface area contributed by atoms with Crippen molar-refractivity contribution in [2.24, 2.45) is 0 Å². The van der Waals surface area contributed by atoms with E-state index in [0.717, 1.165) is 11.4 Å². The van der Waals surface area contributed by atoms with E-state index in [1.807, 2.05) is 35.8 Å². The van der Waals surface area contributed by atoms with Gasteiger partial charge in [-0.05, 0) is 49.6 Å². The first kappa shape index (κ1) is 28.2. The lowest BCUT2D eigenvalue weighted by Crippen LogP contribution is -2.57. The Kier molecular flexibility index (Phi) is 8.83. The Morgan fingerprint density at radius 1 is 1.17 bits per heavy atom. The lowest BCUT2D eigenvalue weighted by Gasteiger charge is -2.39. The van der Waals surface area contributed by atoms with Crippen LogP contribution in [0.4, 0.5) is 0 Å². The number of benzene rings is 2. The Labute approximate surface area is 238 Å². The van der Waals surface area contributed by atoms with E-state index < -0.39 is 0 Å². The van der Waals surface area contributed by atoms with Crippen molar-refractivity contribution in [2.75, 3.05) is 26.7 Å². The molecule has 11 heteroatoms. The normalized spacial score (nSPS) is 20.0. The summed E-state index contributed by atoms with van der Waals surface area (Å²) >= 11 is 0. The minimum atomic E-state index is -0.371. The van der Waals surface area contributed by atoms with E-state index in [0.29, 0.717) is 61.9 Å². The number of imidazole rings is 1.